The maximum atomic E-state index is 9.03. The molecule has 0 saturated carbocycles. The number of aromatic nitrogens is 2. The van der Waals surface area contributed by atoms with E-state index >= 15 is 0 Å². The van der Waals surface area contributed by atoms with Crippen LogP contribution in [0.3, 0.4) is 0 Å². The zero-order chi connectivity index (χ0) is 19.2. The zero-order valence-electron chi connectivity index (χ0n) is 15.5. The van der Waals surface area contributed by atoms with Gasteiger partial charge in [0.05, 0.1) is 17.3 Å². The van der Waals surface area contributed by atoms with E-state index in [-0.39, 0.29) is 5.95 Å². The van der Waals surface area contributed by atoms with E-state index in [2.05, 4.69) is 26.3 Å². The Balaban J connectivity index is 1.71. The molecule has 3 N–H and O–H groups in total. The van der Waals surface area contributed by atoms with E-state index in [4.69, 9.17) is 11.0 Å². The molecule has 0 unspecified atom stereocenters. The molecule has 2 aromatic carbocycles. The van der Waals surface area contributed by atoms with Crippen molar-refractivity contribution in [3.05, 3.63) is 77.0 Å². The Morgan fingerprint density at radius 3 is 2.67 bits per heavy atom. The first-order valence-electron chi connectivity index (χ1n) is 8.66. The smallest absolute Gasteiger partial charge is 0.222 e. The first-order valence-corrected chi connectivity index (χ1v) is 8.66. The highest BCUT2D eigenvalue weighted by atomic mass is 15.1. The van der Waals surface area contributed by atoms with Gasteiger partial charge in [-0.15, -0.1) is 0 Å². The van der Waals surface area contributed by atoms with Gasteiger partial charge in [0.15, 0.2) is 0 Å². The van der Waals surface area contributed by atoms with E-state index in [0.717, 1.165) is 16.9 Å². The molecule has 3 aromatic rings. The molecule has 0 amide bonds. The third-order valence-corrected chi connectivity index (χ3v) is 4.03. The van der Waals surface area contributed by atoms with Crippen LogP contribution in [0.25, 0.3) is 0 Å². The zero-order valence-corrected chi connectivity index (χ0v) is 15.5. The van der Waals surface area contributed by atoms with Gasteiger partial charge in [0.1, 0.15) is 5.82 Å². The minimum atomic E-state index is 0.238. The van der Waals surface area contributed by atoms with Crippen molar-refractivity contribution in [1.82, 2.24) is 14.9 Å². The van der Waals surface area contributed by atoms with E-state index in [1.165, 1.54) is 5.56 Å². The largest absolute Gasteiger partial charge is 0.368 e. The van der Waals surface area contributed by atoms with Crippen LogP contribution in [0, 0.1) is 18.3 Å². The van der Waals surface area contributed by atoms with Gasteiger partial charge in [-0.05, 0) is 49.4 Å². The van der Waals surface area contributed by atoms with E-state index in [0.29, 0.717) is 24.5 Å². The predicted molar refractivity (Wildman–Crippen MR) is 107 cm³/mol. The van der Waals surface area contributed by atoms with E-state index in [1.807, 2.05) is 62.5 Å². The van der Waals surface area contributed by atoms with E-state index in [1.54, 1.807) is 6.07 Å². The molecule has 0 radical (unpaired) electrons. The SMILES string of the molecule is Cc1cccc(Nc2cc(CN(C)Cc3cccc(C#N)c3)nc(N)n2)c1. The minimum Gasteiger partial charge on any atom is -0.368 e. The summed E-state index contributed by atoms with van der Waals surface area (Å²) in [6.07, 6.45) is 0. The number of nitriles is 1. The highest BCUT2D eigenvalue weighted by Crippen LogP contribution is 2.18. The molecule has 0 aliphatic rings. The summed E-state index contributed by atoms with van der Waals surface area (Å²) >= 11 is 0. The van der Waals surface area contributed by atoms with Crippen LogP contribution >= 0.6 is 0 Å². The number of nitrogen functional groups attached to an aromatic ring is 1. The molecule has 0 atom stereocenters. The summed E-state index contributed by atoms with van der Waals surface area (Å²) in [5.74, 6) is 0.908. The lowest BCUT2D eigenvalue weighted by molar-refractivity contribution is 0.315. The Hall–Kier alpha value is -3.43. The maximum absolute atomic E-state index is 9.03. The van der Waals surface area contributed by atoms with Crippen molar-refractivity contribution in [3.63, 3.8) is 0 Å². The second-order valence-electron chi connectivity index (χ2n) is 6.58. The maximum Gasteiger partial charge on any atom is 0.222 e. The van der Waals surface area contributed by atoms with Gasteiger partial charge in [-0.2, -0.15) is 10.2 Å². The van der Waals surface area contributed by atoms with Gasteiger partial charge in [0.2, 0.25) is 5.95 Å². The number of hydrogen-bond acceptors (Lipinski definition) is 6. The van der Waals surface area contributed by atoms with Gasteiger partial charge in [-0.25, -0.2) is 4.98 Å². The summed E-state index contributed by atoms with van der Waals surface area (Å²) in [5, 5.41) is 12.3. The van der Waals surface area contributed by atoms with Crippen molar-refractivity contribution in [3.8, 4) is 6.07 Å². The lowest BCUT2D eigenvalue weighted by Gasteiger charge is -2.17. The number of nitrogens with zero attached hydrogens (tertiary/aromatic N) is 4. The second kappa shape index (κ2) is 8.30. The molecule has 136 valence electrons. The van der Waals surface area contributed by atoms with Gasteiger partial charge in [0.25, 0.3) is 0 Å². The van der Waals surface area contributed by atoms with Gasteiger partial charge in [-0.1, -0.05) is 24.3 Å². The number of nitrogens with two attached hydrogens (primary N) is 1. The number of nitrogens with one attached hydrogen (secondary N) is 1. The summed E-state index contributed by atoms with van der Waals surface area (Å²) in [7, 11) is 2.00. The predicted octanol–water partition coefficient (Wildman–Crippen LogP) is 3.61. The highest BCUT2D eigenvalue weighted by molar-refractivity contribution is 5.58. The van der Waals surface area contributed by atoms with Crippen molar-refractivity contribution in [2.24, 2.45) is 0 Å². The molecule has 0 bridgehead atoms. The molecule has 0 fully saturated rings. The molecular weight excluding hydrogens is 336 g/mol. The molecule has 0 saturated heterocycles. The molecule has 1 heterocycles. The Morgan fingerprint density at radius 2 is 1.89 bits per heavy atom. The summed E-state index contributed by atoms with van der Waals surface area (Å²) in [5.41, 5.74) is 10.6. The first-order chi connectivity index (χ1) is 13.0. The number of hydrogen-bond donors (Lipinski definition) is 2. The lowest BCUT2D eigenvalue weighted by Crippen LogP contribution is -2.18. The van der Waals surface area contributed by atoms with Crippen molar-refractivity contribution in [2.45, 2.75) is 20.0 Å². The average Bonchev–Trinajstić information content (AvgIpc) is 2.61. The van der Waals surface area contributed by atoms with Crippen LogP contribution < -0.4 is 11.1 Å². The molecule has 6 heteroatoms. The molecular formula is C21H22N6. The summed E-state index contributed by atoms with van der Waals surface area (Å²) in [6.45, 7) is 3.37. The van der Waals surface area contributed by atoms with Gasteiger partial charge in [-0.3, -0.25) is 4.90 Å². The quantitative estimate of drug-likeness (QED) is 0.699. The fraction of sp³-hybridized carbons (Fsp3) is 0.190. The normalized spacial score (nSPS) is 10.6. The highest BCUT2D eigenvalue weighted by Gasteiger charge is 2.08. The van der Waals surface area contributed by atoms with Crippen LogP contribution in [0.1, 0.15) is 22.4 Å². The minimum absolute atomic E-state index is 0.238. The van der Waals surface area contributed by atoms with Crippen LogP contribution in [0.2, 0.25) is 0 Å². The van der Waals surface area contributed by atoms with Crippen molar-refractivity contribution in [2.75, 3.05) is 18.1 Å². The fourth-order valence-corrected chi connectivity index (χ4v) is 2.92. The molecule has 1 aromatic heterocycles. The summed E-state index contributed by atoms with van der Waals surface area (Å²) in [6, 6.07) is 19.7. The van der Waals surface area contributed by atoms with Crippen LogP contribution in [-0.2, 0) is 13.1 Å². The first kappa shape index (κ1) is 18.4. The van der Waals surface area contributed by atoms with Crippen molar-refractivity contribution in [1.29, 1.82) is 5.26 Å². The Morgan fingerprint density at radius 1 is 1.07 bits per heavy atom. The molecule has 3 rings (SSSR count). The van der Waals surface area contributed by atoms with E-state index < -0.39 is 0 Å². The number of aryl methyl sites for hydroxylation is 1. The molecule has 0 aliphatic heterocycles. The van der Waals surface area contributed by atoms with Crippen molar-refractivity contribution < 1.29 is 0 Å². The molecule has 6 nitrogen and oxygen atoms in total. The molecule has 27 heavy (non-hydrogen) atoms. The van der Waals surface area contributed by atoms with Crippen LogP contribution in [-0.4, -0.2) is 21.9 Å². The van der Waals surface area contributed by atoms with Gasteiger partial charge in [0, 0.05) is 24.8 Å². The van der Waals surface area contributed by atoms with Crippen molar-refractivity contribution >= 4 is 17.5 Å². The van der Waals surface area contributed by atoms with Gasteiger partial charge < -0.3 is 11.1 Å². The van der Waals surface area contributed by atoms with Gasteiger partial charge >= 0.3 is 0 Å². The fourth-order valence-electron chi connectivity index (χ4n) is 2.92. The monoisotopic (exact) mass is 358 g/mol. The average molecular weight is 358 g/mol. The lowest BCUT2D eigenvalue weighted by atomic mass is 10.1. The standard InChI is InChI=1S/C21H22N6/c1-15-5-3-8-18(9-15)24-20-11-19(25-21(23)26-20)14-27(2)13-17-7-4-6-16(10-17)12-22/h3-11H,13-14H2,1-2H3,(H3,23,24,25,26). The number of benzene rings is 2. The Labute approximate surface area is 159 Å². The second-order valence-corrected chi connectivity index (χ2v) is 6.58. The van der Waals surface area contributed by atoms with Crippen LogP contribution in [0.15, 0.2) is 54.6 Å². The Bertz CT molecular complexity index is 976. The summed E-state index contributed by atoms with van der Waals surface area (Å²) in [4.78, 5) is 10.7. The third-order valence-electron chi connectivity index (χ3n) is 4.03. The van der Waals surface area contributed by atoms with E-state index in [9.17, 15) is 0 Å². The molecule has 0 aliphatic carbocycles. The Kier molecular flexibility index (Phi) is 5.64. The number of anilines is 3. The van der Waals surface area contributed by atoms with Crippen LogP contribution in [0.5, 0.6) is 0 Å². The molecule has 0 spiro atoms. The van der Waals surface area contributed by atoms with Crippen LogP contribution in [0.4, 0.5) is 17.5 Å². The number of rotatable bonds is 6. The topological polar surface area (TPSA) is 90.9 Å². The third kappa shape index (κ3) is 5.27. The summed E-state index contributed by atoms with van der Waals surface area (Å²) < 4.78 is 0.